The zero-order chi connectivity index (χ0) is 14.7. The van der Waals surface area contributed by atoms with Gasteiger partial charge in [-0.25, -0.2) is 4.79 Å². The molecule has 0 fully saturated rings. The average molecular weight is 275 g/mol. The van der Waals surface area contributed by atoms with E-state index in [9.17, 15) is 14.7 Å². The monoisotopic (exact) mass is 275 g/mol. The van der Waals surface area contributed by atoms with Crippen molar-refractivity contribution in [1.82, 2.24) is 5.32 Å². The Morgan fingerprint density at radius 2 is 2.05 bits per heavy atom. The summed E-state index contributed by atoms with van der Waals surface area (Å²) in [5.74, 6) is -0.743. The molecule has 1 aliphatic rings. The molecule has 0 radical (unpaired) electrons. The van der Waals surface area contributed by atoms with E-state index in [4.69, 9.17) is 4.74 Å². The van der Waals surface area contributed by atoms with Gasteiger partial charge in [-0.05, 0) is 31.5 Å². The van der Waals surface area contributed by atoms with Crippen LogP contribution in [0.2, 0.25) is 0 Å². The van der Waals surface area contributed by atoms with Gasteiger partial charge in [0.15, 0.2) is 0 Å². The Hall–Kier alpha value is -2.30. The van der Waals surface area contributed by atoms with Gasteiger partial charge < -0.3 is 15.2 Å². The summed E-state index contributed by atoms with van der Waals surface area (Å²) >= 11 is 0. The minimum Gasteiger partial charge on any atom is -0.508 e. The average Bonchev–Trinajstić information content (AvgIpc) is 2.38. The number of esters is 1. The standard InChI is InChI=1S/C15H17NO4/c1-3-20-15(19)14-9(2)16-13(18)8-12(14)10-4-6-11(17)7-5-10/h4-7,12,17H,3,8H2,1-2H3,(H,16,18). The van der Waals surface area contributed by atoms with Crippen molar-refractivity contribution in [1.29, 1.82) is 0 Å². The van der Waals surface area contributed by atoms with E-state index >= 15 is 0 Å². The summed E-state index contributed by atoms with van der Waals surface area (Å²) in [6, 6.07) is 6.51. The van der Waals surface area contributed by atoms with Crippen LogP contribution in [-0.2, 0) is 14.3 Å². The molecule has 0 aliphatic carbocycles. The first-order valence-electron chi connectivity index (χ1n) is 6.49. The number of amides is 1. The SMILES string of the molecule is CCOC(=O)C1=C(C)NC(=O)CC1c1ccc(O)cc1. The fourth-order valence-corrected chi connectivity index (χ4v) is 2.37. The van der Waals surface area contributed by atoms with Crippen molar-refractivity contribution < 1.29 is 19.4 Å². The minimum atomic E-state index is -0.414. The molecule has 2 rings (SSSR count). The summed E-state index contributed by atoms with van der Waals surface area (Å²) in [7, 11) is 0. The van der Waals surface area contributed by atoms with Crippen LogP contribution in [0.4, 0.5) is 0 Å². The van der Waals surface area contributed by atoms with Crippen molar-refractivity contribution in [2.45, 2.75) is 26.2 Å². The molecular weight excluding hydrogens is 258 g/mol. The molecular formula is C15H17NO4. The zero-order valence-electron chi connectivity index (χ0n) is 11.5. The van der Waals surface area contributed by atoms with E-state index in [0.717, 1.165) is 5.56 Å². The predicted molar refractivity (Wildman–Crippen MR) is 72.9 cm³/mol. The number of allylic oxidation sites excluding steroid dienone is 1. The molecule has 0 saturated carbocycles. The molecule has 1 amide bonds. The third kappa shape index (κ3) is 2.82. The minimum absolute atomic E-state index is 0.131. The maximum atomic E-state index is 12.1. The number of hydrogen-bond acceptors (Lipinski definition) is 4. The largest absolute Gasteiger partial charge is 0.508 e. The van der Waals surface area contributed by atoms with Gasteiger partial charge in [0.2, 0.25) is 5.91 Å². The van der Waals surface area contributed by atoms with Gasteiger partial charge in [0.25, 0.3) is 0 Å². The highest BCUT2D eigenvalue weighted by molar-refractivity contribution is 5.95. The van der Waals surface area contributed by atoms with Gasteiger partial charge in [0.1, 0.15) is 5.75 Å². The number of carbonyl (C=O) groups excluding carboxylic acids is 2. The fraction of sp³-hybridized carbons (Fsp3) is 0.333. The van der Waals surface area contributed by atoms with Crippen molar-refractivity contribution in [3.8, 4) is 5.75 Å². The van der Waals surface area contributed by atoms with Gasteiger partial charge in [-0.1, -0.05) is 12.1 Å². The van der Waals surface area contributed by atoms with Crippen LogP contribution in [0, 0.1) is 0 Å². The van der Waals surface area contributed by atoms with Crippen LogP contribution in [0.1, 0.15) is 31.7 Å². The van der Waals surface area contributed by atoms with E-state index < -0.39 is 5.97 Å². The van der Waals surface area contributed by atoms with Crippen LogP contribution in [0.3, 0.4) is 0 Å². The molecule has 1 unspecified atom stereocenters. The van der Waals surface area contributed by atoms with Gasteiger partial charge in [-0.15, -0.1) is 0 Å². The van der Waals surface area contributed by atoms with Crippen LogP contribution in [0.15, 0.2) is 35.5 Å². The van der Waals surface area contributed by atoms with Crippen molar-refractivity contribution in [2.75, 3.05) is 6.61 Å². The summed E-state index contributed by atoms with van der Waals surface area (Å²) in [5, 5.41) is 12.0. The lowest BCUT2D eigenvalue weighted by Gasteiger charge is -2.26. The van der Waals surface area contributed by atoms with Crippen LogP contribution in [0.5, 0.6) is 5.75 Å². The first kappa shape index (κ1) is 14.1. The number of aromatic hydroxyl groups is 1. The lowest BCUT2D eigenvalue weighted by molar-refractivity contribution is -0.139. The number of hydrogen-bond donors (Lipinski definition) is 2. The molecule has 1 heterocycles. The molecule has 0 saturated heterocycles. The first-order chi connectivity index (χ1) is 9.52. The highest BCUT2D eigenvalue weighted by atomic mass is 16.5. The zero-order valence-corrected chi connectivity index (χ0v) is 11.5. The van der Waals surface area contributed by atoms with Gasteiger partial charge in [-0.2, -0.15) is 0 Å². The predicted octanol–water partition coefficient (Wildman–Crippen LogP) is 1.83. The van der Waals surface area contributed by atoms with E-state index in [0.29, 0.717) is 11.3 Å². The molecule has 1 atom stereocenters. The van der Waals surface area contributed by atoms with Crippen molar-refractivity contribution in [3.63, 3.8) is 0 Å². The second kappa shape index (κ2) is 5.77. The second-order valence-electron chi connectivity index (χ2n) is 4.66. The van der Waals surface area contributed by atoms with Crippen LogP contribution >= 0.6 is 0 Å². The number of benzene rings is 1. The van der Waals surface area contributed by atoms with E-state index in [1.165, 1.54) is 0 Å². The number of nitrogens with one attached hydrogen (secondary N) is 1. The molecule has 0 aromatic heterocycles. The lowest BCUT2D eigenvalue weighted by Crippen LogP contribution is -2.34. The molecule has 5 nitrogen and oxygen atoms in total. The molecule has 1 aromatic rings. The number of phenolic OH excluding ortho intramolecular Hbond substituents is 1. The Balaban J connectivity index is 2.41. The molecule has 1 aromatic carbocycles. The van der Waals surface area contributed by atoms with Crippen molar-refractivity contribution in [3.05, 3.63) is 41.1 Å². The molecule has 0 bridgehead atoms. The van der Waals surface area contributed by atoms with Gasteiger partial charge in [-0.3, -0.25) is 4.79 Å². The Morgan fingerprint density at radius 3 is 2.65 bits per heavy atom. The third-order valence-electron chi connectivity index (χ3n) is 3.26. The topological polar surface area (TPSA) is 75.6 Å². The lowest BCUT2D eigenvalue weighted by atomic mass is 9.84. The summed E-state index contributed by atoms with van der Waals surface area (Å²) in [5.41, 5.74) is 1.80. The van der Waals surface area contributed by atoms with Crippen molar-refractivity contribution in [2.24, 2.45) is 0 Å². The smallest absolute Gasteiger partial charge is 0.336 e. The highest BCUT2D eigenvalue weighted by Gasteiger charge is 2.32. The quantitative estimate of drug-likeness (QED) is 0.825. The highest BCUT2D eigenvalue weighted by Crippen LogP contribution is 2.34. The molecule has 2 N–H and O–H groups in total. The van der Waals surface area contributed by atoms with Crippen molar-refractivity contribution >= 4 is 11.9 Å². The maximum Gasteiger partial charge on any atom is 0.336 e. The number of rotatable bonds is 3. The Kier molecular flexibility index (Phi) is 4.08. The summed E-state index contributed by atoms with van der Waals surface area (Å²) < 4.78 is 5.06. The van der Waals surface area contributed by atoms with Crippen LogP contribution in [-0.4, -0.2) is 23.6 Å². The Bertz CT molecular complexity index is 560. The number of ether oxygens (including phenoxy) is 1. The summed E-state index contributed by atoms with van der Waals surface area (Å²) in [4.78, 5) is 23.8. The van der Waals surface area contributed by atoms with Crippen LogP contribution < -0.4 is 5.32 Å². The summed E-state index contributed by atoms with van der Waals surface area (Å²) in [6.45, 7) is 3.72. The maximum absolute atomic E-state index is 12.1. The summed E-state index contributed by atoms with van der Waals surface area (Å²) in [6.07, 6.45) is 0.191. The van der Waals surface area contributed by atoms with Gasteiger partial charge >= 0.3 is 5.97 Å². The Labute approximate surface area is 117 Å². The Morgan fingerprint density at radius 1 is 1.40 bits per heavy atom. The molecule has 20 heavy (non-hydrogen) atoms. The van der Waals surface area contributed by atoms with E-state index in [2.05, 4.69) is 5.32 Å². The van der Waals surface area contributed by atoms with Gasteiger partial charge in [0.05, 0.1) is 12.2 Å². The number of carbonyl (C=O) groups is 2. The third-order valence-corrected chi connectivity index (χ3v) is 3.26. The molecule has 1 aliphatic heterocycles. The molecule has 106 valence electrons. The van der Waals surface area contributed by atoms with Gasteiger partial charge in [0, 0.05) is 18.0 Å². The van der Waals surface area contributed by atoms with E-state index in [-0.39, 0.29) is 30.6 Å². The van der Waals surface area contributed by atoms with Crippen LogP contribution in [0.25, 0.3) is 0 Å². The second-order valence-corrected chi connectivity index (χ2v) is 4.66. The fourth-order valence-electron chi connectivity index (χ4n) is 2.37. The molecule has 0 spiro atoms. The molecule has 5 heteroatoms. The first-order valence-corrected chi connectivity index (χ1v) is 6.49. The number of phenols is 1. The van der Waals surface area contributed by atoms with E-state index in [1.807, 2.05) is 0 Å². The van der Waals surface area contributed by atoms with E-state index in [1.54, 1.807) is 38.1 Å². The normalized spacial score (nSPS) is 18.7.